The SMILES string of the molecule is CC12CCC3C4CC[C@H](O)CC4CCC3C1CC[C@@H]2O. The van der Waals surface area contributed by atoms with Crippen molar-refractivity contribution in [1.82, 2.24) is 0 Å². The zero-order valence-corrected chi connectivity index (χ0v) is 12.8. The Morgan fingerprint density at radius 2 is 1.60 bits per heavy atom. The molecule has 20 heavy (non-hydrogen) atoms. The Labute approximate surface area is 123 Å². The lowest BCUT2D eigenvalue weighted by atomic mass is 9.50. The van der Waals surface area contributed by atoms with E-state index in [1.54, 1.807) is 0 Å². The fourth-order valence-electron chi connectivity index (χ4n) is 6.80. The molecule has 0 amide bonds. The summed E-state index contributed by atoms with van der Waals surface area (Å²) < 4.78 is 0. The Kier molecular flexibility index (Phi) is 3.20. The van der Waals surface area contributed by atoms with E-state index in [1.807, 2.05) is 0 Å². The van der Waals surface area contributed by atoms with Gasteiger partial charge in [-0.15, -0.1) is 0 Å². The summed E-state index contributed by atoms with van der Waals surface area (Å²) in [5.74, 6) is 4.26. The van der Waals surface area contributed by atoms with E-state index in [1.165, 1.54) is 38.5 Å². The molecular formula is C18H30O2. The summed E-state index contributed by atoms with van der Waals surface area (Å²) in [4.78, 5) is 0. The minimum absolute atomic E-state index is 0.0186. The predicted octanol–water partition coefficient (Wildman–Crippen LogP) is 3.36. The molecule has 0 radical (unpaired) electrons. The van der Waals surface area contributed by atoms with Gasteiger partial charge in [0.1, 0.15) is 0 Å². The Hall–Kier alpha value is -0.0800. The molecule has 0 aliphatic heterocycles. The first kappa shape index (κ1) is 13.6. The van der Waals surface area contributed by atoms with Crippen molar-refractivity contribution in [3.8, 4) is 0 Å². The van der Waals surface area contributed by atoms with Crippen molar-refractivity contribution >= 4 is 0 Å². The third-order valence-corrected chi connectivity index (χ3v) is 7.88. The van der Waals surface area contributed by atoms with Crippen LogP contribution in [-0.2, 0) is 0 Å². The molecule has 6 unspecified atom stereocenters. The van der Waals surface area contributed by atoms with Crippen LogP contribution in [0.2, 0.25) is 0 Å². The van der Waals surface area contributed by atoms with Gasteiger partial charge in [-0.2, -0.15) is 0 Å². The summed E-state index contributed by atoms with van der Waals surface area (Å²) in [5.41, 5.74) is 0.224. The standard InChI is InChI=1S/C18H30O2/c1-18-9-8-14-13-5-3-12(19)10-11(13)2-4-15(14)16(18)6-7-17(18)20/h11-17,19-20H,2-10H2,1H3/t11?,12-,13?,14?,15?,16?,17-,18?/m0/s1. The first-order valence-electron chi connectivity index (χ1n) is 8.95. The van der Waals surface area contributed by atoms with E-state index >= 15 is 0 Å². The van der Waals surface area contributed by atoms with Crippen LogP contribution in [0.25, 0.3) is 0 Å². The van der Waals surface area contributed by atoms with Gasteiger partial charge >= 0.3 is 0 Å². The summed E-state index contributed by atoms with van der Waals surface area (Å²) in [6, 6.07) is 0. The van der Waals surface area contributed by atoms with Crippen molar-refractivity contribution < 1.29 is 10.2 Å². The van der Waals surface area contributed by atoms with E-state index in [0.29, 0.717) is 0 Å². The highest BCUT2D eigenvalue weighted by Crippen LogP contribution is 2.62. The number of fused-ring (bicyclic) bond motifs is 5. The predicted molar refractivity (Wildman–Crippen MR) is 79.1 cm³/mol. The van der Waals surface area contributed by atoms with Gasteiger partial charge in [0.25, 0.3) is 0 Å². The highest BCUT2D eigenvalue weighted by Gasteiger charge is 2.56. The molecule has 0 heterocycles. The second-order valence-corrected chi connectivity index (χ2v) is 8.54. The average Bonchev–Trinajstić information content (AvgIpc) is 2.74. The number of rotatable bonds is 0. The fourth-order valence-corrected chi connectivity index (χ4v) is 6.80. The molecular weight excluding hydrogens is 248 g/mol. The molecule has 0 saturated heterocycles. The molecule has 114 valence electrons. The Balaban J connectivity index is 1.57. The maximum atomic E-state index is 10.4. The van der Waals surface area contributed by atoms with E-state index in [9.17, 15) is 10.2 Å². The maximum absolute atomic E-state index is 10.4. The Morgan fingerprint density at radius 1 is 0.800 bits per heavy atom. The Bertz CT molecular complexity index is 382. The molecule has 2 nitrogen and oxygen atoms in total. The molecule has 2 heteroatoms. The fraction of sp³-hybridized carbons (Fsp3) is 1.00. The second kappa shape index (κ2) is 4.71. The minimum Gasteiger partial charge on any atom is -0.393 e. The van der Waals surface area contributed by atoms with Gasteiger partial charge in [0.2, 0.25) is 0 Å². The van der Waals surface area contributed by atoms with E-state index in [2.05, 4.69) is 6.92 Å². The molecule has 0 aromatic carbocycles. The lowest BCUT2D eigenvalue weighted by Gasteiger charge is -2.55. The van der Waals surface area contributed by atoms with Crippen molar-refractivity contribution in [3.05, 3.63) is 0 Å². The van der Waals surface area contributed by atoms with Gasteiger partial charge in [0.05, 0.1) is 12.2 Å². The van der Waals surface area contributed by atoms with E-state index in [-0.39, 0.29) is 17.6 Å². The van der Waals surface area contributed by atoms with Crippen LogP contribution in [0.1, 0.15) is 64.7 Å². The largest absolute Gasteiger partial charge is 0.393 e. The van der Waals surface area contributed by atoms with Crippen molar-refractivity contribution in [3.63, 3.8) is 0 Å². The second-order valence-electron chi connectivity index (χ2n) is 8.54. The number of aliphatic hydroxyl groups excluding tert-OH is 2. The molecule has 0 spiro atoms. The number of aliphatic hydroxyl groups is 2. The lowest BCUT2D eigenvalue weighted by molar-refractivity contribution is -0.0913. The molecule has 0 bridgehead atoms. The number of hydrogen-bond donors (Lipinski definition) is 2. The van der Waals surface area contributed by atoms with Crippen LogP contribution < -0.4 is 0 Å². The minimum atomic E-state index is -0.0423. The van der Waals surface area contributed by atoms with Crippen molar-refractivity contribution in [2.24, 2.45) is 35.0 Å². The van der Waals surface area contributed by atoms with Gasteiger partial charge in [-0.3, -0.25) is 0 Å². The first-order valence-corrected chi connectivity index (χ1v) is 8.95. The molecule has 4 saturated carbocycles. The van der Waals surface area contributed by atoms with E-state index < -0.39 is 0 Å². The lowest BCUT2D eigenvalue weighted by Crippen LogP contribution is -2.49. The van der Waals surface area contributed by atoms with Gasteiger partial charge in [0, 0.05) is 0 Å². The zero-order valence-electron chi connectivity index (χ0n) is 12.8. The van der Waals surface area contributed by atoms with Crippen LogP contribution >= 0.6 is 0 Å². The summed E-state index contributed by atoms with van der Waals surface area (Å²) in [6.45, 7) is 2.36. The zero-order chi connectivity index (χ0) is 13.9. The van der Waals surface area contributed by atoms with Crippen LogP contribution in [0.4, 0.5) is 0 Å². The normalized spacial score (nSPS) is 58.6. The van der Waals surface area contributed by atoms with E-state index in [0.717, 1.165) is 48.9 Å². The molecule has 0 aromatic heterocycles. The van der Waals surface area contributed by atoms with Gasteiger partial charge in [0.15, 0.2) is 0 Å². The number of hydrogen-bond acceptors (Lipinski definition) is 2. The van der Waals surface area contributed by atoms with Crippen molar-refractivity contribution in [2.75, 3.05) is 0 Å². The summed E-state index contributed by atoms with van der Waals surface area (Å²) in [5, 5.41) is 20.3. The molecule has 0 aromatic rings. The molecule has 2 N–H and O–H groups in total. The van der Waals surface area contributed by atoms with Gasteiger partial charge in [-0.25, -0.2) is 0 Å². The van der Waals surface area contributed by atoms with E-state index in [4.69, 9.17) is 0 Å². The van der Waals surface area contributed by atoms with Crippen molar-refractivity contribution in [1.29, 1.82) is 0 Å². The summed E-state index contributed by atoms with van der Waals surface area (Å²) in [7, 11) is 0. The summed E-state index contributed by atoms with van der Waals surface area (Å²) >= 11 is 0. The van der Waals surface area contributed by atoms with Crippen LogP contribution in [0.15, 0.2) is 0 Å². The van der Waals surface area contributed by atoms with Crippen LogP contribution in [0.3, 0.4) is 0 Å². The smallest absolute Gasteiger partial charge is 0.0596 e. The van der Waals surface area contributed by atoms with Crippen molar-refractivity contribution in [2.45, 2.75) is 76.9 Å². The first-order chi connectivity index (χ1) is 9.59. The van der Waals surface area contributed by atoms with Crippen LogP contribution in [0, 0.1) is 35.0 Å². The molecule has 4 aliphatic carbocycles. The third-order valence-electron chi connectivity index (χ3n) is 7.88. The molecule has 4 rings (SSSR count). The highest BCUT2D eigenvalue weighted by atomic mass is 16.3. The Morgan fingerprint density at radius 3 is 2.45 bits per heavy atom. The molecule has 4 aliphatic rings. The van der Waals surface area contributed by atoms with Gasteiger partial charge in [-0.1, -0.05) is 6.92 Å². The van der Waals surface area contributed by atoms with Gasteiger partial charge < -0.3 is 10.2 Å². The summed E-state index contributed by atoms with van der Waals surface area (Å²) in [6.07, 6.45) is 10.9. The highest BCUT2D eigenvalue weighted by molar-refractivity contribution is 5.06. The monoisotopic (exact) mass is 278 g/mol. The average molecular weight is 278 g/mol. The third kappa shape index (κ3) is 1.83. The molecule has 4 fully saturated rings. The maximum Gasteiger partial charge on any atom is 0.0596 e. The topological polar surface area (TPSA) is 40.5 Å². The van der Waals surface area contributed by atoms with Crippen LogP contribution in [0.5, 0.6) is 0 Å². The molecule has 8 atom stereocenters. The quantitative estimate of drug-likeness (QED) is 0.713. The van der Waals surface area contributed by atoms with Crippen LogP contribution in [-0.4, -0.2) is 22.4 Å². The van der Waals surface area contributed by atoms with Gasteiger partial charge in [-0.05, 0) is 92.8 Å².